The van der Waals surface area contributed by atoms with Gasteiger partial charge in [0.05, 0.1) is 17.0 Å². The molecule has 1 aromatic carbocycles. The number of ether oxygens (including phenoxy) is 1. The lowest BCUT2D eigenvalue weighted by Gasteiger charge is -2.15. The van der Waals surface area contributed by atoms with Crippen LogP contribution in [0.2, 0.25) is 0 Å². The molecule has 170 valence electrons. The smallest absolute Gasteiger partial charge is 0.416 e. The van der Waals surface area contributed by atoms with Crippen LogP contribution in [0.3, 0.4) is 0 Å². The number of benzene rings is 1. The van der Waals surface area contributed by atoms with Crippen LogP contribution in [-0.4, -0.2) is 38.2 Å². The van der Waals surface area contributed by atoms with Crippen LogP contribution in [-0.2, 0) is 19.3 Å². The van der Waals surface area contributed by atoms with E-state index in [1.54, 1.807) is 0 Å². The molecule has 1 atom stereocenters. The van der Waals surface area contributed by atoms with Gasteiger partial charge in [-0.15, -0.1) is 0 Å². The van der Waals surface area contributed by atoms with E-state index in [-0.39, 0.29) is 12.4 Å². The molecule has 1 fully saturated rings. The van der Waals surface area contributed by atoms with Crippen LogP contribution in [0, 0.1) is 0 Å². The van der Waals surface area contributed by atoms with Gasteiger partial charge in [-0.3, -0.25) is 10.00 Å². The summed E-state index contributed by atoms with van der Waals surface area (Å²) in [5.41, 5.74) is 2.04. The molecule has 32 heavy (non-hydrogen) atoms. The molecule has 6 nitrogen and oxygen atoms in total. The quantitative estimate of drug-likeness (QED) is 0.560. The third kappa shape index (κ3) is 5.45. The second kappa shape index (κ2) is 9.28. The Morgan fingerprint density at radius 1 is 1.19 bits per heavy atom. The van der Waals surface area contributed by atoms with E-state index in [4.69, 9.17) is 4.74 Å². The van der Waals surface area contributed by atoms with Crippen LogP contribution < -0.4 is 4.74 Å². The second-order valence-corrected chi connectivity index (χ2v) is 8.46. The molecule has 3 heterocycles. The molecule has 0 radical (unpaired) electrons. The number of aromatic nitrogens is 4. The monoisotopic (exact) mass is 445 g/mol. The number of rotatable bonds is 7. The normalized spacial score (nSPS) is 17.2. The second-order valence-electron chi connectivity index (χ2n) is 8.46. The minimum absolute atomic E-state index is 0.129. The first-order valence-corrected chi connectivity index (χ1v) is 10.7. The number of nitrogens with one attached hydrogen (secondary N) is 1. The van der Waals surface area contributed by atoms with E-state index >= 15 is 0 Å². The maximum atomic E-state index is 12.8. The zero-order chi connectivity index (χ0) is 22.7. The number of halogens is 3. The molecule has 2 aromatic heterocycles. The van der Waals surface area contributed by atoms with Gasteiger partial charge in [-0.1, -0.05) is 19.9 Å². The maximum Gasteiger partial charge on any atom is 0.416 e. The molecule has 1 unspecified atom stereocenters. The van der Waals surface area contributed by atoms with Crippen molar-refractivity contribution in [2.75, 3.05) is 13.1 Å². The van der Waals surface area contributed by atoms with Gasteiger partial charge < -0.3 is 4.74 Å². The van der Waals surface area contributed by atoms with Gasteiger partial charge in [0.1, 0.15) is 18.2 Å². The van der Waals surface area contributed by atoms with E-state index in [1.807, 2.05) is 18.5 Å². The van der Waals surface area contributed by atoms with Crippen molar-refractivity contribution >= 4 is 0 Å². The Hall–Kier alpha value is -2.94. The molecule has 0 aliphatic carbocycles. The Labute approximate surface area is 184 Å². The van der Waals surface area contributed by atoms with E-state index in [9.17, 15) is 13.2 Å². The van der Waals surface area contributed by atoms with Gasteiger partial charge in [-0.25, -0.2) is 9.97 Å². The first-order valence-electron chi connectivity index (χ1n) is 10.7. The number of hydrogen-bond acceptors (Lipinski definition) is 5. The van der Waals surface area contributed by atoms with Crippen LogP contribution in [0.5, 0.6) is 5.75 Å². The summed E-state index contributed by atoms with van der Waals surface area (Å²) in [5, 5.41) is 7.35. The Kier molecular flexibility index (Phi) is 6.45. The lowest BCUT2D eigenvalue weighted by molar-refractivity contribution is -0.137. The van der Waals surface area contributed by atoms with E-state index in [2.05, 4.69) is 38.9 Å². The van der Waals surface area contributed by atoms with Crippen LogP contribution in [0.25, 0.3) is 0 Å². The van der Waals surface area contributed by atoms with Crippen molar-refractivity contribution in [2.24, 2.45) is 0 Å². The van der Waals surface area contributed by atoms with Gasteiger partial charge >= 0.3 is 6.18 Å². The lowest BCUT2D eigenvalue weighted by Crippen LogP contribution is -2.20. The van der Waals surface area contributed by atoms with Crippen LogP contribution in [0.1, 0.15) is 60.4 Å². The van der Waals surface area contributed by atoms with E-state index in [0.29, 0.717) is 11.8 Å². The zero-order valence-corrected chi connectivity index (χ0v) is 18.1. The maximum absolute atomic E-state index is 12.8. The van der Waals surface area contributed by atoms with Gasteiger partial charge in [0.25, 0.3) is 0 Å². The number of alkyl halides is 3. The van der Waals surface area contributed by atoms with Gasteiger partial charge in [0, 0.05) is 42.9 Å². The molecule has 0 saturated carbocycles. The van der Waals surface area contributed by atoms with Crippen molar-refractivity contribution in [3.05, 3.63) is 71.1 Å². The predicted octanol–water partition coefficient (Wildman–Crippen LogP) is 4.91. The average Bonchev–Trinajstić information content (AvgIpc) is 3.42. The molecule has 1 N–H and O–H groups in total. The summed E-state index contributed by atoms with van der Waals surface area (Å²) in [6, 6.07) is 6.81. The summed E-state index contributed by atoms with van der Waals surface area (Å²) >= 11 is 0. The van der Waals surface area contributed by atoms with Crippen molar-refractivity contribution < 1.29 is 17.9 Å². The number of H-pyrrole nitrogens is 1. The zero-order valence-electron chi connectivity index (χ0n) is 18.1. The molecule has 0 bridgehead atoms. The fraction of sp³-hybridized carbons (Fsp3) is 0.435. The van der Waals surface area contributed by atoms with Gasteiger partial charge in [0.2, 0.25) is 0 Å². The highest BCUT2D eigenvalue weighted by molar-refractivity contribution is 5.30. The highest BCUT2D eigenvalue weighted by Crippen LogP contribution is 2.32. The van der Waals surface area contributed by atoms with Gasteiger partial charge in [-0.05, 0) is 37.2 Å². The average molecular weight is 445 g/mol. The van der Waals surface area contributed by atoms with Crippen molar-refractivity contribution in [1.29, 1.82) is 0 Å². The van der Waals surface area contributed by atoms with Crippen molar-refractivity contribution in [3.8, 4) is 5.75 Å². The molecular formula is C23H26F3N5O. The molecule has 3 aromatic rings. The largest absolute Gasteiger partial charge is 0.487 e. The standard InChI is InChI=1S/C23H26F3N5O/c1-15(2)22-27-10-16(11-28-22)12-31-7-6-17(13-31)21-9-19(29-30-21)14-32-20-5-3-4-18(8-20)23(24,25)26/h3-5,8-11,15,17H,6-7,12-14H2,1-2H3,(H,29,30). The van der Waals surface area contributed by atoms with Crippen molar-refractivity contribution in [3.63, 3.8) is 0 Å². The molecule has 0 spiro atoms. The van der Waals surface area contributed by atoms with E-state index < -0.39 is 11.7 Å². The minimum atomic E-state index is -4.39. The highest BCUT2D eigenvalue weighted by atomic mass is 19.4. The van der Waals surface area contributed by atoms with E-state index in [1.165, 1.54) is 12.1 Å². The summed E-state index contributed by atoms with van der Waals surface area (Å²) < 4.78 is 44.1. The molecule has 0 amide bonds. The fourth-order valence-corrected chi connectivity index (χ4v) is 3.81. The predicted molar refractivity (Wildman–Crippen MR) is 113 cm³/mol. The Morgan fingerprint density at radius 2 is 1.97 bits per heavy atom. The minimum Gasteiger partial charge on any atom is -0.487 e. The molecule has 1 saturated heterocycles. The Morgan fingerprint density at radius 3 is 2.69 bits per heavy atom. The molecule has 9 heteroatoms. The van der Waals surface area contributed by atoms with E-state index in [0.717, 1.165) is 61.0 Å². The molecular weight excluding hydrogens is 419 g/mol. The first kappa shape index (κ1) is 22.3. The topological polar surface area (TPSA) is 66.9 Å². The molecule has 1 aliphatic heterocycles. The molecule has 1 aliphatic rings. The summed E-state index contributed by atoms with van der Waals surface area (Å²) in [4.78, 5) is 11.2. The van der Waals surface area contributed by atoms with Crippen molar-refractivity contribution in [2.45, 2.75) is 51.4 Å². The Balaban J connectivity index is 1.30. The number of likely N-dealkylation sites (tertiary alicyclic amines) is 1. The third-order valence-electron chi connectivity index (χ3n) is 5.54. The summed E-state index contributed by atoms with van der Waals surface area (Å²) in [6.07, 6.45) is 0.391. The number of hydrogen-bond donors (Lipinski definition) is 1. The van der Waals surface area contributed by atoms with Gasteiger partial charge in [-0.2, -0.15) is 18.3 Å². The molecule has 4 rings (SSSR count). The third-order valence-corrected chi connectivity index (χ3v) is 5.54. The highest BCUT2D eigenvalue weighted by Gasteiger charge is 2.30. The van der Waals surface area contributed by atoms with Gasteiger partial charge in [0.15, 0.2) is 0 Å². The van der Waals surface area contributed by atoms with Crippen LogP contribution in [0.4, 0.5) is 13.2 Å². The fourth-order valence-electron chi connectivity index (χ4n) is 3.81. The van der Waals surface area contributed by atoms with Crippen molar-refractivity contribution in [1.82, 2.24) is 25.1 Å². The summed E-state index contributed by atoms with van der Waals surface area (Å²) in [6.45, 7) is 6.91. The SMILES string of the molecule is CC(C)c1ncc(CN2CCC(c3cc(COc4cccc(C(F)(F)F)c4)[nH]n3)C2)cn1. The lowest BCUT2D eigenvalue weighted by atomic mass is 10.1. The summed E-state index contributed by atoms with van der Waals surface area (Å²) in [7, 11) is 0. The first-order chi connectivity index (χ1) is 15.3. The number of nitrogens with zero attached hydrogens (tertiary/aromatic N) is 4. The Bertz CT molecular complexity index is 1030. The van der Waals surface area contributed by atoms with Crippen LogP contribution >= 0.6 is 0 Å². The summed E-state index contributed by atoms with van der Waals surface area (Å²) in [5.74, 6) is 1.63. The van der Waals surface area contributed by atoms with Crippen LogP contribution in [0.15, 0.2) is 42.7 Å². The number of aromatic amines is 1.